The zero-order valence-corrected chi connectivity index (χ0v) is 11.0. The highest BCUT2D eigenvalue weighted by molar-refractivity contribution is 9.10. The Morgan fingerprint density at radius 3 is 2.44 bits per heavy atom. The Hall–Kier alpha value is -1.95. The second-order valence-electron chi connectivity index (χ2n) is 3.57. The Labute approximate surface area is 112 Å². The fourth-order valence-corrected chi connectivity index (χ4v) is 1.67. The molecule has 1 aromatic heterocycles. The van der Waals surface area contributed by atoms with Crippen LogP contribution in [0.5, 0.6) is 11.6 Å². The van der Waals surface area contributed by atoms with E-state index in [1.54, 1.807) is 19.1 Å². The van der Waals surface area contributed by atoms with Crippen LogP contribution >= 0.6 is 15.9 Å². The molecule has 0 atom stereocenters. The first-order valence-electron chi connectivity index (χ1n) is 5.12. The second-order valence-corrected chi connectivity index (χ2v) is 4.48. The number of aryl methyl sites for hydroxylation is 1. The Bertz CT molecular complexity index is 584. The summed E-state index contributed by atoms with van der Waals surface area (Å²) in [5.41, 5.74) is 0.313. The van der Waals surface area contributed by atoms with Gasteiger partial charge in [0.1, 0.15) is 11.4 Å². The maximum Gasteiger partial charge on any atom is 0.290 e. The number of aromatic nitrogens is 1. The van der Waals surface area contributed by atoms with Gasteiger partial charge < -0.3 is 4.74 Å². The molecule has 0 unspecified atom stereocenters. The third-order valence-electron chi connectivity index (χ3n) is 2.27. The van der Waals surface area contributed by atoms with Crippen molar-refractivity contribution in [3.8, 4) is 11.6 Å². The summed E-state index contributed by atoms with van der Waals surface area (Å²) >= 11 is 3.32. The first-order valence-corrected chi connectivity index (χ1v) is 5.91. The molecule has 2 rings (SSSR count). The van der Waals surface area contributed by atoms with Gasteiger partial charge in [0, 0.05) is 16.6 Å². The van der Waals surface area contributed by atoms with E-state index in [2.05, 4.69) is 20.9 Å². The molecule has 0 N–H and O–H groups in total. The van der Waals surface area contributed by atoms with Crippen LogP contribution in [0.2, 0.25) is 0 Å². The molecule has 0 spiro atoms. The van der Waals surface area contributed by atoms with E-state index in [0.717, 1.165) is 4.47 Å². The highest BCUT2D eigenvalue weighted by Crippen LogP contribution is 2.24. The largest absolute Gasteiger partial charge is 0.439 e. The zero-order chi connectivity index (χ0) is 13.1. The molecular formula is C12H9BrN2O3. The fourth-order valence-electron chi connectivity index (χ4n) is 1.40. The van der Waals surface area contributed by atoms with E-state index >= 15 is 0 Å². The van der Waals surface area contributed by atoms with Crippen LogP contribution in [0, 0.1) is 17.0 Å². The summed E-state index contributed by atoms with van der Waals surface area (Å²) in [7, 11) is 0. The van der Waals surface area contributed by atoms with Crippen molar-refractivity contribution in [3.63, 3.8) is 0 Å². The van der Waals surface area contributed by atoms with Crippen LogP contribution in [0.25, 0.3) is 0 Å². The molecule has 0 bridgehead atoms. The minimum Gasteiger partial charge on any atom is -0.439 e. The van der Waals surface area contributed by atoms with Gasteiger partial charge in [0.2, 0.25) is 5.88 Å². The molecule has 1 heterocycles. The van der Waals surface area contributed by atoms with Crippen molar-refractivity contribution >= 4 is 21.6 Å². The maximum absolute atomic E-state index is 10.6. The lowest BCUT2D eigenvalue weighted by Gasteiger charge is -2.05. The van der Waals surface area contributed by atoms with Gasteiger partial charge in [-0.15, -0.1) is 0 Å². The standard InChI is InChI=1S/C12H9BrN2O3/c1-8-11(15(16)17)6-7-12(14-8)18-10-4-2-9(13)3-5-10/h2-7H,1H3. The van der Waals surface area contributed by atoms with Gasteiger partial charge in [0.05, 0.1) is 4.92 Å². The summed E-state index contributed by atoms with van der Waals surface area (Å²) in [5, 5.41) is 10.6. The number of rotatable bonds is 3. The lowest BCUT2D eigenvalue weighted by atomic mass is 10.3. The molecule has 1 aromatic carbocycles. The fraction of sp³-hybridized carbons (Fsp3) is 0.0833. The lowest BCUT2D eigenvalue weighted by molar-refractivity contribution is -0.385. The first kappa shape index (κ1) is 12.5. The predicted octanol–water partition coefficient (Wildman–Crippen LogP) is 3.85. The molecule has 0 aliphatic rings. The summed E-state index contributed by atoms with van der Waals surface area (Å²) in [6.07, 6.45) is 0. The molecule has 6 heteroatoms. The highest BCUT2D eigenvalue weighted by atomic mass is 79.9. The SMILES string of the molecule is Cc1nc(Oc2ccc(Br)cc2)ccc1[N+](=O)[O-]. The van der Waals surface area contributed by atoms with Crippen LogP contribution < -0.4 is 4.74 Å². The van der Waals surface area contributed by atoms with Crippen LogP contribution in [0.15, 0.2) is 40.9 Å². The first-order chi connectivity index (χ1) is 8.56. The molecule has 5 nitrogen and oxygen atoms in total. The summed E-state index contributed by atoms with van der Waals surface area (Å²) in [6.45, 7) is 1.58. The average molecular weight is 309 g/mol. The van der Waals surface area contributed by atoms with Crippen molar-refractivity contribution in [2.75, 3.05) is 0 Å². The van der Waals surface area contributed by atoms with Crippen molar-refractivity contribution in [2.24, 2.45) is 0 Å². The van der Waals surface area contributed by atoms with E-state index < -0.39 is 4.92 Å². The van der Waals surface area contributed by atoms with Crippen molar-refractivity contribution in [2.45, 2.75) is 6.92 Å². The number of nitrogens with zero attached hydrogens (tertiary/aromatic N) is 2. The third-order valence-corrected chi connectivity index (χ3v) is 2.79. The molecular weight excluding hydrogens is 300 g/mol. The number of hydrogen-bond acceptors (Lipinski definition) is 4. The van der Waals surface area contributed by atoms with Gasteiger partial charge in [-0.05, 0) is 31.2 Å². The molecule has 0 saturated heterocycles. The molecule has 18 heavy (non-hydrogen) atoms. The van der Waals surface area contributed by atoms with E-state index in [4.69, 9.17) is 4.74 Å². The van der Waals surface area contributed by atoms with Gasteiger partial charge >= 0.3 is 0 Å². The average Bonchev–Trinajstić information content (AvgIpc) is 2.32. The maximum atomic E-state index is 10.6. The topological polar surface area (TPSA) is 65.3 Å². The molecule has 0 amide bonds. The van der Waals surface area contributed by atoms with Crippen molar-refractivity contribution in [3.05, 3.63) is 56.7 Å². The number of ether oxygens (including phenoxy) is 1. The molecule has 0 aliphatic heterocycles. The van der Waals surface area contributed by atoms with Gasteiger partial charge in [-0.2, -0.15) is 0 Å². The summed E-state index contributed by atoms with van der Waals surface area (Å²) in [6, 6.07) is 10.1. The number of nitro groups is 1. The number of hydrogen-bond donors (Lipinski definition) is 0. The Balaban J connectivity index is 2.22. The highest BCUT2D eigenvalue weighted by Gasteiger charge is 2.12. The van der Waals surface area contributed by atoms with Gasteiger partial charge in [-0.1, -0.05) is 15.9 Å². The van der Waals surface area contributed by atoms with Crippen molar-refractivity contribution in [1.82, 2.24) is 4.98 Å². The molecule has 0 fully saturated rings. The molecule has 0 radical (unpaired) electrons. The van der Waals surface area contributed by atoms with E-state index in [0.29, 0.717) is 17.3 Å². The van der Waals surface area contributed by atoms with E-state index in [-0.39, 0.29) is 5.69 Å². The lowest BCUT2D eigenvalue weighted by Crippen LogP contribution is -1.96. The molecule has 0 aliphatic carbocycles. The summed E-state index contributed by atoms with van der Waals surface area (Å²) in [4.78, 5) is 14.2. The van der Waals surface area contributed by atoms with Crippen LogP contribution in [-0.2, 0) is 0 Å². The van der Waals surface area contributed by atoms with Gasteiger partial charge in [0.15, 0.2) is 0 Å². The van der Waals surface area contributed by atoms with Gasteiger partial charge in [-0.3, -0.25) is 10.1 Å². The molecule has 2 aromatic rings. The number of pyridine rings is 1. The van der Waals surface area contributed by atoms with Crippen LogP contribution in [0.3, 0.4) is 0 Å². The summed E-state index contributed by atoms with van der Waals surface area (Å²) < 4.78 is 6.44. The van der Waals surface area contributed by atoms with Gasteiger partial charge in [0.25, 0.3) is 5.69 Å². The van der Waals surface area contributed by atoms with E-state index in [1.165, 1.54) is 12.1 Å². The Kier molecular flexibility index (Phi) is 3.57. The normalized spacial score (nSPS) is 10.1. The smallest absolute Gasteiger partial charge is 0.290 e. The van der Waals surface area contributed by atoms with Crippen LogP contribution in [-0.4, -0.2) is 9.91 Å². The minimum absolute atomic E-state index is 0.0156. The Morgan fingerprint density at radius 1 is 1.22 bits per heavy atom. The minimum atomic E-state index is -0.467. The van der Waals surface area contributed by atoms with Crippen molar-refractivity contribution < 1.29 is 9.66 Å². The number of halogens is 1. The van der Waals surface area contributed by atoms with Gasteiger partial charge in [-0.25, -0.2) is 4.98 Å². The monoisotopic (exact) mass is 308 g/mol. The summed E-state index contributed by atoms with van der Waals surface area (Å²) in [5.74, 6) is 0.958. The number of benzene rings is 1. The Morgan fingerprint density at radius 2 is 1.89 bits per heavy atom. The van der Waals surface area contributed by atoms with Crippen LogP contribution in [0.4, 0.5) is 5.69 Å². The molecule has 0 saturated carbocycles. The third kappa shape index (κ3) is 2.84. The molecule has 92 valence electrons. The quantitative estimate of drug-likeness (QED) is 0.638. The second kappa shape index (κ2) is 5.14. The van der Waals surface area contributed by atoms with Crippen molar-refractivity contribution in [1.29, 1.82) is 0 Å². The van der Waals surface area contributed by atoms with Crippen LogP contribution in [0.1, 0.15) is 5.69 Å². The zero-order valence-electron chi connectivity index (χ0n) is 9.46. The van der Waals surface area contributed by atoms with E-state index in [1.807, 2.05) is 12.1 Å². The van der Waals surface area contributed by atoms with E-state index in [9.17, 15) is 10.1 Å². The predicted molar refractivity (Wildman–Crippen MR) is 69.8 cm³/mol.